The lowest BCUT2D eigenvalue weighted by Crippen LogP contribution is -2.33. The van der Waals surface area contributed by atoms with Crippen LogP contribution in [0.15, 0.2) is 34.1 Å². The number of hydrogen-bond donors (Lipinski definition) is 1. The van der Waals surface area contributed by atoms with E-state index in [4.69, 9.17) is 10.7 Å². The van der Waals surface area contributed by atoms with Crippen LogP contribution in [0.5, 0.6) is 0 Å². The predicted octanol–water partition coefficient (Wildman–Crippen LogP) is 2.72. The van der Waals surface area contributed by atoms with Gasteiger partial charge in [0.2, 0.25) is 10.0 Å². The van der Waals surface area contributed by atoms with Crippen LogP contribution in [0.25, 0.3) is 0 Å². The third-order valence-electron chi connectivity index (χ3n) is 3.22. The van der Waals surface area contributed by atoms with E-state index in [0.717, 1.165) is 12.8 Å². The Morgan fingerprint density at radius 1 is 1.05 bits per heavy atom. The first-order valence-corrected chi connectivity index (χ1v) is 10.4. The van der Waals surface area contributed by atoms with Gasteiger partial charge >= 0.3 is 0 Å². The SMILES string of the molecule is CCC(C)CC(C)NS(=O)(=O)c1ccc(S(=O)(=O)Cl)cc1. The van der Waals surface area contributed by atoms with E-state index in [9.17, 15) is 16.8 Å². The highest BCUT2D eigenvalue weighted by Gasteiger charge is 2.19. The lowest BCUT2D eigenvalue weighted by atomic mass is 10.0. The van der Waals surface area contributed by atoms with Crippen molar-refractivity contribution in [1.82, 2.24) is 4.72 Å². The molecule has 0 aliphatic heterocycles. The molecule has 120 valence electrons. The first kappa shape index (κ1) is 18.4. The van der Waals surface area contributed by atoms with Crippen molar-refractivity contribution in [2.24, 2.45) is 5.92 Å². The molecule has 21 heavy (non-hydrogen) atoms. The Kier molecular flexibility index (Phi) is 6.22. The van der Waals surface area contributed by atoms with Gasteiger partial charge in [-0.05, 0) is 43.5 Å². The van der Waals surface area contributed by atoms with E-state index in [-0.39, 0.29) is 15.8 Å². The average Bonchev–Trinajstić information content (AvgIpc) is 2.37. The van der Waals surface area contributed by atoms with Crippen molar-refractivity contribution in [2.45, 2.75) is 49.4 Å². The summed E-state index contributed by atoms with van der Waals surface area (Å²) >= 11 is 0. The summed E-state index contributed by atoms with van der Waals surface area (Å²) in [5, 5.41) is 0. The molecule has 0 aliphatic carbocycles. The molecular formula is C13H20ClNO4S2. The number of halogens is 1. The van der Waals surface area contributed by atoms with Crippen molar-refractivity contribution in [3.63, 3.8) is 0 Å². The summed E-state index contributed by atoms with van der Waals surface area (Å²) in [6, 6.07) is 4.62. The van der Waals surface area contributed by atoms with E-state index in [1.807, 2.05) is 0 Å². The molecule has 8 heteroatoms. The fraction of sp³-hybridized carbons (Fsp3) is 0.538. The zero-order valence-corrected chi connectivity index (χ0v) is 14.6. The van der Waals surface area contributed by atoms with Crippen molar-refractivity contribution < 1.29 is 16.8 Å². The molecule has 0 fully saturated rings. The Hall–Kier alpha value is -0.630. The van der Waals surface area contributed by atoms with Gasteiger partial charge in [-0.2, -0.15) is 0 Å². The number of sulfonamides is 1. The van der Waals surface area contributed by atoms with Crippen molar-refractivity contribution >= 4 is 29.8 Å². The van der Waals surface area contributed by atoms with Crippen molar-refractivity contribution in [2.75, 3.05) is 0 Å². The maximum absolute atomic E-state index is 12.2. The number of benzene rings is 1. The van der Waals surface area contributed by atoms with Gasteiger partial charge in [0.25, 0.3) is 9.05 Å². The highest BCUT2D eigenvalue weighted by atomic mass is 35.7. The highest BCUT2D eigenvalue weighted by molar-refractivity contribution is 8.13. The van der Waals surface area contributed by atoms with Crippen LogP contribution in [0.4, 0.5) is 0 Å². The monoisotopic (exact) mass is 353 g/mol. The Labute approximate surface area is 131 Å². The molecule has 1 rings (SSSR count). The van der Waals surface area contributed by atoms with Crippen LogP contribution < -0.4 is 4.72 Å². The summed E-state index contributed by atoms with van der Waals surface area (Å²) in [4.78, 5) is -0.113. The second-order valence-electron chi connectivity index (χ2n) is 5.18. The van der Waals surface area contributed by atoms with E-state index in [0.29, 0.717) is 5.92 Å². The maximum atomic E-state index is 12.2. The summed E-state index contributed by atoms with van der Waals surface area (Å²) < 4.78 is 49.2. The summed E-state index contributed by atoms with van der Waals surface area (Å²) in [5.41, 5.74) is 0. The first-order chi connectivity index (χ1) is 9.56. The van der Waals surface area contributed by atoms with Crippen LogP contribution in [-0.2, 0) is 19.1 Å². The Bertz CT molecular complexity index is 669. The highest BCUT2D eigenvalue weighted by Crippen LogP contribution is 2.18. The summed E-state index contributed by atoms with van der Waals surface area (Å²) in [6.07, 6.45) is 1.72. The fourth-order valence-corrected chi connectivity index (χ4v) is 3.96. The molecule has 0 radical (unpaired) electrons. The van der Waals surface area contributed by atoms with Gasteiger partial charge in [-0.1, -0.05) is 20.3 Å². The Balaban J connectivity index is 2.88. The molecule has 2 unspecified atom stereocenters. The number of rotatable bonds is 7. The molecule has 1 aromatic carbocycles. The molecule has 2 atom stereocenters. The first-order valence-electron chi connectivity index (χ1n) is 6.63. The maximum Gasteiger partial charge on any atom is 0.261 e. The minimum atomic E-state index is -3.85. The van der Waals surface area contributed by atoms with Crippen LogP contribution in [0.1, 0.15) is 33.6 Å². The van der Waals surface area contributed by atoms with Gasteiger partial charge in [0, 0.05) is 16.7 Å². The molecule has 0 heterocycles. The molecular weight excluding hydrogens is 334 g/mol. The molecule has 0 aliphatic rings. The number of nitrogens with one attached hydrogen (secondary N) is 1. The largest absolute Gasteiger partial charge is 0.261 e. The van der Waals surface area contributed by atoms with Crippen LogP contribution in [-0.4, -0.2) is 22.9 Å². The zero-order chi connectivity index (χ0) is 16.3. The minimum absolute atomic E-state index is 0.0163. The van der Waals surface area contributed by atoms with Crippen LogP contribution in [0, 0.1) is 5.92 Å². The fourth-order valence-electron chi connectivity index (χ4n) is 1.93. The lowest BCUT2D eigenvalue weighted by Gasteiger charge is -2.17. The van der Waals surface area contributed by atoms with Crippen LogP contribution in [0.3, 0.4) is 0 Å². The average molecular weight is 354 g/mol. The molecule has 0 saturated carbocycles. The minimum Gasteiger partial charge on any atom is -0.208 e. The van der Waals surface area contributed by atoms with Gasteiger partial charge in [0.15, 0.2) is 0 Å². The smallest absolute Gasteiger partial charge is 0.208 e. The van der Waals surface area contributed by atoms with Crippen molar-refractivity contribution in [1.29, 1.82) is 0 Å². The van der Waals surface area contributed by atoms with Gasteiger partial charge in [0.05, 0.1) is 9.79 Å². The Morgan fingerprint density at radius 3 is 1.95 bits per heavy atom. The summed E-state index contributed by atoms with van der Waals surface area (Å²) in [7, 11) is -2.32. The normalized spacial score (nSPS) is 15.6. The molecule has 0 saturated heterocycles. The zero-order valence-electron chi connectivity index (χ0n) is 12.2. The lowest BCUT2D eigenvalue weighted by molar-refractivity contribution is 0.445. The third-order valence-corrected chi connectivity index (χ3v) is 6.20. The van der Waals surface area contributed by atoms with E-state index < -0.39 is 19.1 Å². The second-order valence-corrected chi connectivity index (χ2v) is 9.46. The quantitative estimate of drug-likeness (QED) is 0.764. The molecule has 0 bridgehead atoms. The predicted molar refractivity (Wildman–Crippen MR) is 83.3 cm³/mol. The van der Waals surface area contributed by atoms with Crippen molar-refractivity contribution in [3.8, 4) is 0 Å². The summed E-state index contributed by atoms with van der Waals surface area (Å²) in [5.74, 6) is 0.423. The summed E-state index contributed by atoms with van der Waals surface area (Å²) in [6.45, 7) is 5.92. The molecule has 0 spiro atoms. The van der Waals surface area contributed by atoms with Gasteiger partial charge in [-0.25, -0.2) is 21.6 Å². The van der Waals surface area contributed by atoms with Crippen LogP contribution in [0.2, 0.25) is 0 Å². The molecule has 5 nitrogen and oxygen atoms in total. The third kappa shape index (κ3) is 5.58. The molecule has 1 aromatic rings. The second kappa shape index (κ2) is 7.09. The van der Waals surface area contributed by atoms with E-state index in [2.05, 4.69) is 18.6 Å². The van der Waals surface area contributed by atoms with Crippen LogP contribution >= 0.6 is 10.7 Å². The molecule has 1 N–H and O–H groups in total. The Morgan fingerprint density at radius 2 is 1.52 bits per heavy atom. The number of hydrogen-bond acceptors (Lipinski definition) is 4. The molecule has 0 aromatic heterocycles. The van der Waals surface area contributed by atoms with Gasteiger partial charge in [-0.15, -0.1) is 0 Å². The molecule has 0 amide bonds. The van der Waals surface area contributed by atoms with Gasteiger partial charge < -0.3 is 0 Å². The van der Waals surface area contributed by atoms with E-state index in [1.165, 1.54) is 24.3 Å². The van der Waals surface area contributed by atoms with Gasteiger partial charge in [-0.3, -0.25) is 0 Å². The standard InChI is InChI=1S/C13H20ClNO4S2/c1-4-10(2)9-11(3)15-21(18,19)13-7-5-12(6-8-13)20(14,16)17/h5-8,10-11,15H,4,9H2,1-3H3. The van der Waals surface area contributed by atoms with E-state index >= 15 is 0 Å². The van der Waals surface area contributed by atoms with Gasteiger partial charge in [0.1, 0.15) is 0 Å². The topological polar surface area (TPSA) is 80.3 Å². The van der Waals surface area contributed by atoms with Crippen molar-refractivity contribution in [3.05, 3.63) is 24.3 Å². The van der Waals surface area contributed by atoms with E-state index in [1.54, 1.807) is 6.92 Å².